The minimum Gasteiger partial charge on any atom is -0.493 e. The van der Waals surface area contributed by atoms with Crippen LogP contribution in [0.25, 0.3) is 0 Å². The minimum atomic E-state index is -0.433. The lowest BCUT2D eigenvalue weighted by Gasteiger charge is -2.33. The Hall–Kier alpha value is -2.00. The van der Waals surface area contributed by atoms with E-state index < -0.39 is 5.41 Å². The number of hydrogen-bond acceptors (Lipinski definition) is 2. The van der Waals surface area contributed by atoms with Crippen molar-refractivity contribution >= 4 is 17.5 Å². The van der Waals surface area contributed by atoms with E-state index in [9.17, 15) is 4.79 Å². The Morgan fingerprint density at radius 3 is 2.56 bits per heavy atom. The Bertz CT molecular complexity index is 766. The highest BCUT2D eigenvalue weighted by molar-refractivity contribution is 6.30. The van der Waals surface area contributed by atoms with Crippen LogP contribution < -0.4 is 10.1 Å². The SMILES string of the molecule is O=C(N[C@@H]1CCOc2ccccc21)C1(c2ccc(Cl)cc2)CCCC1. The Balaban J connectivity index is 1.62. The number of amides is 1. The maximum absolute atomic E-state index is 13.3. The first-order chi connectivity index (χ1) is 12.2. The Kier molecular flexibility index (Phi) is 4.43. The molecule has 0 spiro atoms. The van der Waals surface area contributed by atoms with Gasteiger partial charge in [0.1, 0.15) is 5.75 Å². The van der Waals surface area contributed by atoms with Gasteiger partial charge in [0.05, 0.1) is 18.1 Å². The predicted octanol–water partition coefficient (Wildman–Crippen LogP) is 4.79. The summed E-state index contributed by atoms with van der Waals surface area (Å²) in [6.45, 7) is 0.635. The van der Waals surface area contributed by atoms with Crippen LogP contribution in [0.5, 0.6) is 5.75 Å². The van der Waals surface area contributed by atoms with Gasteiger partial charge in [0.15, 0.2) is 0 Å². The van der Waals surface area contributed by atoms with Gasteiger partial charge in [-0.2, -0.15) is 0 Å². The van der Waals surface area contributed by atoms with E-state index in [2.05, 4.69) is 5.32 Å². The third kappa shape index (κ3) is 3.02. The molecule has 2 aliphatic rings. The molecule has 1 aliphatic carbocycles. The van der Waals surface area contributed by atoms with Crippen LogP contribution in [-0.4, -0.2) is 12.5 Å². The number of carbonyl (C=O) groups is 1. The summed E-state index contributed by atoms with van der Waals surface area (Å²) in [5, 5.41) is 4.02. The molecule has 1 amide bonds. The van der Waals surface area contributed by atoms with E-state index in [0.29, 0.717) is 11.6 Å². The molecule has 0 unspecified atom stereocenters. The quantitative estimate of drug-likeness (QED) is 0.859. The minimum absolute atomic E-state index is 0.0159. The molecule has 130 valence electrons. The topological polar surface area (TPSA) is 38.3 Å². The second-order valence-corrected chi connectivity index (χ2v) is 7.43. The van der Waals surface area contributed by atoms with Crippen molar-refractivity contribution in [2.24, 2.45) is 0 Å². The summed E-state index contributed by atoms with van der Waals surface area (Å²) < 4.78 is 5.72. The molecule has 0 radical (unpaired) electrons. The zero-order valence-corrected chi connectivity index (χ0v) is 14.9. The number of carbonyl (C=O) groups excluding carboxylic acids is 1. The molecule has 1 atom stereocenters. The molecule has 1 fully saturated rings. The van der Waals surface area contributed by atoms with Gasteiger partial charge in [-0.1, -0.05) is 54.8 Å². The summed E-state index contributed by atoms with van der Waals surface area (Å²) >= 11 is 6.04. The van der Waals surface area contributed by atoms with Gasteiger partial charge in [-0.3, -0.25) is 4.79 Å². The first-order valence-corrected chi connectivity index (χ1v) is 9.36. The molecule has 1 N–H and O–H groups in total. The molecule has 2 aromatic rings. The molecular formula is C21H22ClNO2. The fraction of sp³-hybridized carbons (Fsp3) is 0.381. The summed E-state index contributed by atoms with van der Waals surface area (Å²) in [5.41, 5.74) is 1.72. The monoisotopic (exact) mass is 355 g/mol. The fourth-order valence-corrected chi connectivity index (χ4v) is 4.31. The van der Waals surface area contributed by atoms with E-state index in [1.165, 1.54) is 0 Å². The average molecular weight is 356 g/mol. The maximum Gasteiger partial charge on any atom is 0.231 e. The number of fused-ring (bicyclic) bond motifs is 1. The van der Waals surface area contributed by atoms with E-state index in [0.717, 1.165) is 49.0 Å². The summed E-state index contributed by atoms with van der Waals surface area (Å²) in [6.07, 6.45) is 4.76. The molecule has 1 saturated carbocycles. The predicted molar refractivity (Wildman–Crippen MR) is 99.0 cm³/mol. The molecule has 4 heteroatoms. The van der Waals surface area contributed by atoms with E-state index >= 15 is 0 Å². The smallest absolute Gasteiger partial charge is 0.231 e. The van der Waals surface area contributed by atoms with Crippen molar-refractivity contribution in [3.8, 4) is 5.75 Å². The first kappa shape index (κ1) is 16.5. The third-order valence-electron chi connectivity index (χ3n) is 5.55. The summed E-state index contributed by atoms with van der Waals surface area (Å²) in [7, 11) is 0. The molecule has 1 heterocycles. The second-order valence-electron chi connectivity index (χ2n) is 7.00. The van der Waals surface area contributed by atoms with Crippen LogP contribution in [0.1, 0.15) is 49.3 Å². The summed E-state index contributed by atoms with van der Waals surface area (Å²) in [4.78, 5) is 13.3. The van der Waals surface area contributed by atoms with Gasteiger partial charge in [0.2, 0.25) is 5.91 Å². The summed E-state index contributed by atoms with van der Waals surface area (Å²) in [5.74, 6) is 1.01. The maximum atomic E-state index is 13.3. The molecule has 0 aromatic heterocycles. The zero-order chi connectivity index (χ0) is 17.3. The average Bonchev–Trinajstić information content (AvgIpc) is 3.14. The molecule has 25 heavy (non-hydrogen) atoms. The molecule has 0 bridgehead atoms. The number of rotatable bonds is 3. The highest BCUT2D eigenvalue weighted by atomic mass is 35.5. The first-order valence-electron chi connectivity index (χ1n) is 8.98. The number of halogens is 1. The van der Waals surface area contributed by atoms with E-state index in [1.807, 2.05) is 48.5 Å². The van der Waals surface area contributed by atoms with Crippen LogP contribution in [0.2, 0.25) is 5.02 Å². The lowest BCUT2D eigenvalue weighted by molar-refractivity contribution is -0.127. The molecule has 2 aromatic carbocycles. The molecule has 3 nitrogen and oxygen atoms in total. The van der Waals surface area contributed by atoms with Crippen molar-refractivity contribution in [1.82, 2.24) is 5.32 Å². The van der Waals surface area contributed by atoms with E-state index in [1.54, 1.807) is 0 Å². The van der Waals surface area contributed by atoms with Crippen molar-refractivity contribution in [2.45, 2.75) is 43.6 Å². The van der Waals surface area contributed by atoms with Crippen LogP contribution >= 0.6 is 11.6 Å². The van der Waals surface area contributed by atoms with Crippen LogP contribution in [0.4, 0.5) is 0 Å². The number of nitrogens with one attached hydrogen (secondary N) is 1. The standard InChI is InChI=1S/C21H22ClNO2/c22-16-9-7-15(8-10-16)21(12-3-4-13-21)20(24)23-18-11-14-25-19-6-2-1-5-17(18)19/h1-2,5-10,18H,3-4,11-14H2,(H,23,24)/t18-/m1/s1. The van der Waals surface area contributed by atoms with Crippen molar-refractivity contribution in [2.75, 3.05) is 6.61 Å². The van der Waals surface area contributed by atoms with Gasteiger partial charge in [0.25, 0.3) is 0 Å². The largest absolute Gasteiger partial charge is 0.493 e. The Labute approximate surface area is 153 Å². The molecular weight excluding hydrogens is 334 g/mol. The van der Waals surface area contributed by atoms with Crippen molar-refractivity contribution < 1.29 is 9.53 Å². The highest BCUT2D eigenvalue weighted by Gasteiger charge is 2.43. The van der Waals surface area contributed by atoms with Crippen LogP contribution in [0.15, 0.2) is 48.5 Å². The van der Waals surface area contributed by atoms with Crippen LogP contribution in [-0.2, 0) is 10.2 Å². The number of benzene rings is 2. The van der Waals surface area contributed by atoms with E-state index in [4.69, 9.17) is 16.3 Å². The number of hydrogen-bond donors (Lipinski definition) is 1. The van der Waals surface area contributed by atoms with Gasteiger partial charge in [-0.15, -0.1) is 0 Å². The van der Waals surface area contributed by atoms with Crippen molar-refractivity contribution in [3.63, 3.8) is 0 Å². The lowest BCUT2D eigenvalue weighted by Crippen LogP contribution is -2.45. The highest BCUT2D eigenvalue weighted by Crippen LogP contribution is 2.43. The molecule has 1 aliphatic heterocycles. The van der Waals surface area contributed by atoms with Crippen molar-refractivity contribution in [1.29, 1.82) is 0 Å². The normalized spacial score (nSPS) is 21.2. The number of para-hydroxylation sites is 1. The Morgan fingerprint density at radius 1 is 1.08 bits per heavy atom. The third-order valence-corrected chi connectivity index (χ3v) is 5.80. The lowest BCUT2D eigenvalue weighted by atomic mass is 9.77. The second kappa shape index (κ2) is 6.72. The van der Waals surface area contributed by atoms with Gasteiger partial charge < -0.3 is 10.1 Å². The molecule has 0 saturated heterocycles. The molecule has 4 rings (SSSR count). The van der Waals surface area contributed by atoms with Gasteiger partial charge in [-0.05, 0) is 36.6 Å². The number of ether oxygens (including phenoxy) is 1. The van der Waals surface area contributed by atoms with Gasteiger partial charge in [0, 0.05) is 17.0 Å². The summed E-state index contributed by atoms with van der Waals surface area (Å²) in [6, 6.07) is 15.8. The zero-order valence-electron chi connectivity index (χ0n) is 14.1. The van der Waals surface area contributed by atoms with Gasteiger partial charge >= 0.3 is 0 Å². The fourth-order valence-electron chi connectivity index (χ4n) is 4.18. The van der Waals surface area contributed by atoms with Crippen LogP contribution in [0, 0.1) is 0 Å². The van der Waals surface area contributed by atoms with E-state index in [-0.39, 0.29) is 11.9 Å². The van der Waals surface area contributed by atoms with Crippen molar-refractivity contribution in [3.05, 3.63) is 64.7 Å². The van der Waals surface area contributed by atoms with Crippen LogP contribution in [0.3, 0.4) is 0 Å². The van der Waals surface area contributed by atoms with Gasteiger partial charge in [-0.25, -0.2) is 0 Å². The Morgan fingerprint density at radius 2 is 1.80 bits per heavy atom.